The summed E-state index contributed by atoms with van der Waals surface area (Å²) in [6.07, 6.45) is 0.520. The molecule has 78 valence electrons. The first-order chi connectivity index (χ1) is 7.25. The molecule has 4 nitrogen and oxygen atoms in total. The van der Waals surface area contributed by atoms with Crippen LogP contribution in [0.3, 0.4) is 0 Å². The van der Waals surface area contributed by atoms with Crippen LogP contribution in [0.5, 0.6) is 0 Å². The smallest absolute Gasteiger partial charge is 0.242 e. The molecule has 2 rings (SSSR count). The highest BCUT2D eigenvalue weighted by Gasteiger charge is 2.24. The molecule has 1 atom stereocenters. The second kappa shape index (κ2) is 4.23. The first kappa shape index (κ1) is 9.86. The standard InChI is InChI=1S/C11H13N3O/c12-9-6-10(14-11(9)15)13-7-8-4-2-1-3-5-8/h1-5,9H,6-7,12H2,(H,13,14,15). The highest BCUT2D eigenvalue weighted by molar-refractivity contribution is 6.07. The van der Waals surface area contributed by atoms with Gasteiger partial charge in [0.05, 0.1) is 12.6 Å². The van der Waals surface area contributed by atoms with Crippen molar-refractivity contribution in [2.24, 2.45) is 10.7 Å². The molecule has 1 saturated heterocycles. The fourth-order valence-electron chi connectivity index (χ4n) is 1.46. The van der Waals surface area contributed by atoms with E-state index in [0.29, 0.717) is 18.8 Å². The van der Waals surface area contributed by atoms with Crippen molar-refractivity contribution in [3.8, 4) is 0 Å². The van der Waals surface area contributed by atoms with Gasteiger partial charge in [0.25, 0.3) is 0 Å². The van der Waals surface area contributed by atoms with Crippen molar-refractivity contribution in [1.29, 1.82) is 0 Å². The monoisotopic (exact) mass is 203 g/mol. The van der Waals surface area contributed by atoms with Crippen molar-refractivity contribution in [3.05, 3.63) is 35.9 Å². The molecule has 0 spiro atoms. The molecule has 3 N–H and O–H groups in total. The molecule has 1 unspecified atom stereocenters. The van der Waals surface area contributed by atoms with E-state index in [-0.39, 0.29) is 5.91 Å². The zero-order chi connectivity index (χ0) is 10.7. The molecule has 1 heterocycles. The molecule has 1 aliphatic heterocycles. The Bertz CT molecular complexity index is 386. The molecular weight excluding hydrogens is 190 g/mol. The van der Waals surface area contributed by atoms with E-state index in [0.717, 1.165) is 5.56 Å². The van der Waals surface area contributed by atoms with Crippen molar-refractivity contribution in [3.63, 3.8) is 0 Å². The third kappa shape index (κ3) is 2.41. The van der Waals surface area contributed by atoms with Crippen LogP contribution < -0.4 is 11.1 Å². The van der Waals surface area contributed by atoms with Gasteiger partial charge in [-0.2, -0.15) is 0 Å². The normalized spacial score (nSPS) is 23.1. The van der Waals surface area contributed by atoms with Gasteiger partial charge in [0, 0.05) is 6.42 Å². The Labute approximate surface area is 88.2 Å². The first-order valence-electron chi connectivity index (χ1n) is 4.89. The summed E-state index contributed by atoms with van der Waals surface area (Å²) in [5.41, 5.74) is 6.67. The minimum atomic E-state index is -0.431. The molecule has 1 aromatic rings. The number of nitrogens with one attached hydrogen (secondary N) is 1. The predicted octanol–water partition coefficient (Wildman–Crippen LogP) is 0.432. The van der Waals surface area contributed by atoms with Crippen molar-refractivity contribution in [2.45, 2.75) is 19.0 Å². The maximum absolute atomic E-state index is 11.1. The second-order valence-corrected chi connectivity index (χ2v) is 3.55. The predicted molar refractivity (Wildman–Crippen MR) is 58.3 cm³/mol. The van der Waals surface area contributed by atoms with Crippen molar-refractivity contribution >= 4 is 11.7 Å². The van der Waals surface area contributed by atoms with Crippen LogP contribution in [0.1, 0.15) is 12.0 Å². The lowest BCUT2D eigenvalue weighted by molar-refractivity contribution is -0.119. The lowest BCUT2D eigenvalue weighted by Crippen LogP contribution is -2.30. The summed E-state index contributed by atoms with van der Waals surface area (Å²) in [5, 5.41) is 2.66. The summed E-state index contributed by atoms with van der Waals surface area (Å²) in [5.74, 6) is 0.554. The summed E-state index contributed by atoms with van der Waals surface area (Å²) < 4.78 is 0. The number of hydrogen-bond acceptors (Lipinski definition) is 3. The molecule has 0 aliphatic carbocycles. The summed E-state index contributed by atoms with van der Waals surface area (Å²) in [7, 11) is 0. The minimum absolute atomic E-state index is 0.137. The number of amidine groups is 1. The van der Waals surface area contributed by atoms with Crippen LogP contribution in [0.4, 0.5) is 0 Å². The Morgan fingerprint density at radius 2 is 2.13 bits per heavy atom. The van der Waals surface area contributed by atoms with E-state index in [1.807, 2.05) is 30.3 Å². The van der Waals surface area contributed by atoms with E-state index < -0.39 is 6.04 Å². The molecule has 0 aromatic heterocycles. The van der Waals surface area contributed by atoms with E-state index in [1.54, 1.807) is 0 Å². The maximum atomic E-state index is 11.1. The number of nitrogens with zero attached hydrogens (tertiary/aromatic N) is 1. The third-order valence-electron chi connectivity index (χ3n) is 2.31. The van der Waals surface area contributed by atoms with Gasteiger partial charge in [-0.1, -0.05) is 30.3 Å². The summed E-state index contributed by atoms with van der Waals surface area (Å²) >= 11 is 0. The summed E-state index contributed by atoms with van der Waals surface area (Å²) in [6.45, 7) is 0.586. The van der Waals surface area contributed by atoms with E-state index in [9.17, 15) is 4.79 Å². The van der Waals surface area contributed by atoms with Crippen molar-refractivity contribution in [2.75, 3.05) is 0 Å². The van der Waals surface area contributed by atoms with Crippen LogP contribution in [-0.4, -0.2) is 17.8 Å². The van der Waals surface area contributed by atoms with Crippen LogP contribution in [0.15, 0.2) is 35.3 Å². The number of nitrogens with two attached hydrogens (primary N) is 1. The van der Waals surface area contributed by atoms with E-state index >= 15 is 0 Å². The number of benzene rings is 1. The Morgan fingerprint density at radius 3 is 2.73 bits per heavy atom. The topological polar surface area (TPSA) is 67.5 Å². The Kier molecular flexibility index (Phi) is 2.78. The van der Waals surface area contributed by atoms with Crippen molar-refractivity contribution < 1.29 is 4.79 Å². The van der Waals surface area contributed by atoms with Gasteiger partial charge in [-0.3, -0.25) is 9.79 Å². The third-order valence-corrected chi connectivity index (χ3v) is 2.31. The first-order valence-corrected chi connectivity index (χ1v) is 4.89. The number of hydrogen-bond donors (Lipinski definition) is 2. The molecule has 0 saturated carbocycles. The van der Waals surface area contributed by atoms with E-state index in [1.165, 1.54) is 0 Å². The average molecular weight is 203 g/mol. The van der Waals surface area contributed by atoms with Crippen LogP contribution in [0.2, 0.25) is 0 Å². The molecule has 1 amide bonds. The molecule has 0 radical (unpaired) electrons. The van der Waals surface area contributed by atoms with Gasteiger partial charge in [-0.25, -0.2) is 0 Å². The maximum Gasteiger partial charge on any atom is 0.242 e. The number of rotatable bonds is 2. The fraction of sp³-hybridized carbons (Fsp3) is 0.273. The Hall–Kier alpha value is -1.68. The molecule has 1 aromatic carbocycles. The van der Waals surface area contributed by atoms with Gasteiger partial charge in [-0.05, 0) is 5.56 Å². The fourth-order valence-corrected chi connectivity index (χ4v) is 1.46. The van der Waals surface area contributed by atoms with E-state index in [4.69, 9.17) is 5.73 Å². The zero-order valence-electron chi connectivity index (χ0n) is 8.31. The van der Waals surface area contributed by atoms with Gasteiger partial charge in [0.15, 0.2) is 0 Å². The quantitative estimate of drug-likeness (QED) is 0.732. The molecule has 1 fully saturated rings. The second-order valence-electron chi connectivity index (χ2n) is 3.55. The molecule has 1 aliphatic rings. The number of aliphatic imine (C=N–C) groups is 1. The molecule has 0 bridgehead atoms. The minimum Gasteiger partial charge on any atom is -0.320 e. The molecular formula is C11H13N3O. The van der Waals surface area contributed by atoms with Gasteiger partial charge in [0.1, 0.15) is 5.84 Å². The lowest BCUT2D eigenvalue weighted by Gasteiger charge is -1.97. The lowest BCUT2D eigenvalue weighted by atomic mass is 10.2. The number of amides is 1. The van der Waals surface area contributed by atoms with Gasteiger partial charge in [0.2, 0.25) is 5.91 Å². The largest absolute Gasteiger partial charge is 0.320 e. The molecule has 15 heavy (non-hydrogen) atoms. The number of carbonyl (C=O) groups excluding carboxylic acids is 1. The van der Waals surface area contributed by atoms with Crippen molar-refractivity contribution in [1.82, 2.24) is 5.32 Å². The SMILES string of the molecule is NC1CC(=NCc2ccccc2)NC1=O. The van der Waals surface area contributed by atoms with Crippen LogP contribution in [0, 0.1) is 0 Å². The highest BCUT2D eigenvalue weighted by Crippen LogP contribution is 2.04. The van der Waals surface area contributed by atoms with Gasteiger partial charge in [-0.15, -0.1) is 0 Å². The summed E-state index contributed by atoms with van der Waals surface area (Å²) in [4.78, 5) is 15.4. The van der Waals surface area contributed by atoms with Crippen LogP contribution in [0.25, 0.3) is 0 Å². The Morgan fingerprint density at radius 1 is 1.40 bits per heavy atom. The summed E-state index contributed by atoms with van der Waals surface area (Å²) in [6, 6.07) is 9.47. The average Bonchev–Trinajstić information content (AvgIpc) is 2.57. The van der Waals surface area contributed by atoms with Gasteiger partial charge < -0.3 is 11.1 Å². The van der Waals surface area contributed by atoms with E-state index in [2.05, 4.69) is 10.3 Å². The van der Waals surface area contributed by atoms with Crippen LogP contribution >= 0.6 is 0 Å². The highest BCUT2D eigenvalue weighted by atomic mass is 16.2. The van der Waals surface area contributed by atoms with Gasteiger partial charge >= 0.3 is 0 Å². The Balaban J connectivity index is 1.99. The number of carbonyl (C=O) groups is 1. The zero-order valence-corrected chi connectivity index (χ0v) is 8.31. The van der Waals surface area contributed by atoms with Crippen LogP contribution in [-0.2, 0) is 11.3 Å². The molecule has 4 heteroatoms.